The molecule has 0 bridgehead atoms. The number of carbonyl (C=O) groups excluding carboxylic acids is 1. The van der Waals surface area contributed by atoms with E-state index in [9.17, 15) is 4.79 Å². The number of benzene rings is 2. The third kappa shape index (κ3) is 2.97. The van der Waals surface area contributed by atoms with Crippen LogP contribution < -0.4 is 11.1 Å². The molecule has 0 aliphatic rings. The molecule has 0 unspecified atom stereocenters. The lowest BCUT2D eigenvalue weighted by atomic mass is 10.1. The molecule has 0 saturated heterocycles. The predicted molar refractivity (Wildman–Crippen MR) is 87.4 cm³/mol. The number of aryl methyl sites for hydroxylation is 2. The van der Waals surface area contributed by atoms with Gasteiger partial charge in [-0.15, -0.1) is 0 Å². The number of anilines is 2. The topological polar surface area (TPSA) is 55.1 Å². The largest absolute Gasteiger partial charge is 0.398 e. The van der Waals surface area contributed by atoms with Crippen LogP contribution in [0.1, 0.15) is 21.5 Å². The second-order valence-electron chi connectivity index (χ2n) is 4.57. The normalized spacial score (nSPS) is 10.4. The summed E-state index contributed by atoms with van der Waals surface area (Å²) >= 11 is 9.49. The van der Waals surface area contributed by atoms with Crippen molar-refractivity contribution in [2.24, 2.45) is 0 Å². The Morgan fingerprint density at radius 3 is 2.65 bits per heavy atom. The van der Waals surface area contributed by atoms with E-state index in [1.807, 2.05) is 26.0 Å². The van der Waals surface area contributed by atoms with Crippen LogP contribution in [0, 0.1) is 13.8 Å². The van der Waals surface area contributed by atoms with Crippen LogP contribution in [-0.2, 0) is 0 Å². The fourth-order valence-electron chi connectivity index (χ4n) is 1.81. The number of nitrogens with two attached hydrogens (primary N) is 1. The smallest absolute Gasteiger partial charge is 0.257 e. The van der Waals surface area contributed by atoms with Crippen LogP contribution >= 0.6 is 27.5 Å². The highest BCUT2D eigenvalue weighted by Crippen LogP contribution is 2.30. The molecule has 2 aromatic rings. The lowest BCUT2D eigenvalue weighted by molar-refractivity contribution is 0.102. The predicted octanol–water partition coefficient (Wildman–Crippen LogP) is 4.55. The Balaban J connectivity index is 2.33. The molecule has 0 aliphatic carbocycles. The summed E-state index contributed by atoms with van der Waals surface area (Å²) in [6.45, 7) is 3.77. The molecule has 0 saturated carbocycles. The van der Waals surface area contributed by atoms with Crippen LogP contribution in [0.3, 0.4) is 0 Å². The average molecular weight is 354 g/mol. The Morgan fingerprint density at radius 1 is 1.25 bits per heavy atom. The van der Waals surface area contributed by atoms with Gasteiger partial charge >= 0.3 is 0 Å². The van der Waals surface area contributed by atoms with E-state index in [0.29, 0.717) is 22.0 Å². The first-order valence-electron chi connectivity index (χ1n) is 6.02. The Kier molecular flexibility index (Phi) is 4.35. The highest BCUT2D eigenvalue weighted by atomic mass is 79.9. The molecule has 3 N–H and O–H groups in total. The van der Waals surface area contributed by atoms with Gasteiger partial charge in [-0.1, -0.05) is 23.7 Å². The van der Waals surface area contributed by atoms with Crippen LogP contribution in [0.15, 0.2) is 34.8 Å². The molecule has 3 nitrogen and oxygen atoms in total. The van der Waals surface area contributed by atoms with E-state index in [-0.39, 0.29) is 5.91 Å². The third-order valence-corrected chi connectivity index (χ3v) is 4.13. The third-order valence-electron chi connectivity index (χ3n) is 3.07. The fourth-order valence-corrected chi connectivity index (χ4v) is 2.53. The zero-order chi connectivity index (χ0) is 14.9. The average Bonchev–Trinajstić information content (AvgIpc) is 2.39. The van der Waals surface area contributed by atoms with E-state index >= 15 is 0 Å². The van der Waals surface area contributed by atoms with Gasteiger partial charge in [-0.25, -0.2) is 0 Å². The maximum absolute atomic E-state index is 12.3. The molecule has 0 fully saturated rings. The minimum Gasteiger partial charge on any atom is -0.398 e. The van der Waals surface area contributed by atoms with Crippen LogP contribution in [0.25, 0.3) is 0 Å². The zero-order valence-corrected chi connectivity index (χ0v) is 13.5. The summed E-state index contributed by atoms with van der Waals surface area (Å²) < 4.78 is 0.777. The van der Waals surface area contributed by atoms with Crippen molar-refractivity contribution in [3.05, 3.63) is 56.5 Å². The zero-order valence-electron chi connectivity index (χ0n) is 11.1. The molecule has 1 amide bonds. The SMILES string of the molecule is Cc1cc(Br)c(NC(=O)c2cccc(C)c2N)cc1Cl. The molecule has 2 rings (SSSR count). The summed E-state index contributed by atoms with van der Waals surface area (Å²) in [6, 6.07) is 8.94. The highest BCUT2D eigenvalue weighted by Gasteiger charge is 2.13. The van der Waals surface area contributed by atoms with E-state index in [4.69, 9.17) is 17.3 Å². The maximum atomic E-state index is 12.3. The molecule has 0 spiro atoms. The second kappa shape index (κ2) is 5.85. The van der Waals surface area contributed by atoms with E-state index in [1.54, 1.807) is 18.2 Å². The number of amides is 1. The Morgan fingerprint density at radius 2 is 1.95 bits per heavy atom. The van der Waals surface area contributed by atoms with Gasteiger partial charge in [-0.05, 0) is 59.1 Å². The highest BCUT2D eigenvalue weighted by molar-refractivity contribution is 9.10. The van der Waals surface area contributed by atoms with Gasteiger partial charge in [0.2, 0.25) is 0 Å². The van der Waals surface area contributed by atoms with Crippen LogP contribution in [0.4, 0.5) is 11.4 Å². The molecule has 0 aliphatic heterocycles. The van der Waals surface area contributed by atoms with Crippen LogP contribution in [-0.4, -0.2) is 5.91 Å². The van der Waals surface area contributed by atoms with Gasteiger partial charge < -0.3 is 11.1 Å². The van der Waals surface area contributed by atoms with Crippen molar-refractivity contribution < 1.29 is 4.79 Å². The van der Waals surface area contributed by atoms with Gasteiger partial charge in [0.15, 0.2) is 0 Å². The second-order valence-corrected chi connectivity index (χ2v) is 5.83. The summed E-state index contributed by atoms with van der Waals surface area (Å²) in [5, 5.41) is 3.41. The molecule has 20 heavy (non-hydrogen) atoms. The van der Waals surface area contributed by atoms with Crippen LogP contribution in [0.2, 0.25) is 5.02 Å². The summed E-state index contributed by atoms with van der Waals surface area (Å²) in [5.74, 6) is -0.258. The van der Waals surface area contributed by atoms with Gasteiger partial charge in [-0.2, -0.15) is 0 Å². The molecule has 0 atom stereocenters. The Hall–Kier alpha value is -1.52. The molecule has 2 aromatic carbocycles. The van der Waals surface area contributed by atoms with Crippen molar-refractivity contribution in [2.75, 3.05) is 11.1 Å². The minimum atomic E-state index is -0.258. The molecule has 0 aromatic heterocycles. The number of nitrogens with one attached hydrogen (secondary N) is 1. The minimum absolute atomic E-state index is 0.258. The monoisotopic (exact) mass is 352 g/mol. The number of carbonyl (C=O) groups is 1. The van der Waals surface area contributed by atoms with Gasteiger partial charge in [0.05, 0.1) is 11.3 Å². The van der Waals surface area contributed by atoms with Crippen molar-refractivity contribution in [2.45, 2.75) is 13.8 Å². The van der Waals surface area contributed by atoms with Crippen molar-refractivity contribution in [1.29, 1.82) is 0 Å². The van der Waals surface area contributed by atoms with E-state index < -0.39 is 0 Å². The first-order valence-corrected chi connectivity index (χ1v) is 7.19. The van der Waals surface area contributed by atoms with Crippen molar-refractivity contribution in [3.8, 4) is 0 Å². The molecule has 104 valence electrons. The van der Waals surface area contributed by atoms with Crippen LogP contribution in [0.5, 0.6) is 0 Å². The lowest BCUT2D eigenvalue weighted by Crippen LogP contribution is -2.15. The lowest BCUT2D eigenvalue weighted by Gasteiger charge is -2.11. The number of halogens is 2. The summed E-state index contributed by atoms with van der Waals surface area (Å²) in [6.07, 6.45) is 0. The molecule has 0 radical (unpaired) electrons. The fraction of sp³-hybridized carbons (Fsp3) is 0.133. The number of para-hydroxylation sites is 1. The Labute approximate surface area is 131 Å². The number of nitrogen functional groups attached to an aromatic ring is 1. The number of rotatable bonds is 2. The van der Waals surface area contributed by atoms with Crippen molar-refractivity contribution in [1.82, 2.24) is 0 Å². The summed E-state index contributed by atoms with van der Waals surface area (Å²) in [4.78, 5) is 12.3. The maximum Gasteiger partial charge on any atom is 0.257 e. The Bertz CT molecular complexity index is 686. The molecular weight excluding hydrogens is 340 g/mol. The van der Waals surface area contributed by atoms with E-state index in [0.717, 1.165) is 15.6 Å². The van der Waals surface area contributed by atoms with Gasteiger partial charge in [-0.3, -0.25) is 4.79 Å². The van der Waals surface area contributed by atoms with Gasteiger partial charge in [0.25, 0.3) is 5.91 Å². The first kappa shape index (κ1) is 14.9. The molecule has 5 heteroatoms. The van der Waals surface area contributed by atoms with E-state index in [1.165, 1.54) is 0 Å². The first-order chi connectivity index (χ1) is 9.40. The standard InChI is InChI=1S/C15H14BrClN2O/c1-8-4-3-5-10(14(8)18)15(20)19-13-7-12(17)9(2)6-11(13)16/h3-7H,18H2,1-2H3,(H,19,20). The van der Waals surface area contributed by atoms with Gasteiger partial charge in [0, 0.05) is 15.2 Å². The summed E-state index contributed by atoms with van der Waals surface area (Å²) in [5.41, 5.74) is 9.30. The quantitative estimate of drug-likeness (QED) is 0.778. The number of hydrogen-bond donors (Lipinski definition) is 2. The number of hydrogen-bond acceptors (Lipinski definition) is 2. The molecular formula is C15H14BrClN2O. The van der Waals surface area contributed by atoms with Crippen molar-refractivity contribution >= 4 is 44.8 Å². The molecule has 0 heterocycles. The van der Waals surface area contributed by atoms with E-state index in [2.05, 4.69) is 21.2 Å². The van der Waals surface area contributed by atoms with Crippen molar-refractivity contribution in [3.63, 3.8) is 0 Å². The van der Waals surface area contributed by atoms with Gasteiger partial charge in [0.1, 0.15) is 0 Å². The summed E-state index contributed by atoms with van der Waals surface area (Å²) in [7, 11) is 0.